The number of nitrogens with one attached hydrogen (secondary N) is 2. The van der Waals surface area contributed by atoms with Crippen LogP contribution in [0.1, 0.15) is 53.6 Å². The lowest BCUT2D eigenvalue weighted by Crippen LogP contribution is -2.60. The predicted octanol–water partition coefficient (Wildman–Crippen LogP) is 6.84. The first-order valence-corrected chi connectivity index (χ1v) is 14.8. The highest BCUT2D eigenvalue weighted by Gasteiger charge is 2.46. The van der Waals surface area contributed by atoms with Gasteiger partial charge in [0.15, 0.2) is 0 Å². The van der Waals surface area contributed by atoms with E-state index in [4.69, 9.17) is 0 Å². The summed E-state index contributed by atoms with van der Waals surface area (Å²) in [4.78, 5) is 4.64. The van der Waals surface area contributed by atoms with Crippen molar-refractivity contribution in [3.05, 3.63) is 107 Å². The Bertz CT molecular complexity index is 1290. The van der Waals surface area contributed by atoms with Gasteiger partial charge in [0, 0.05) is 38.8 Å². The summed E-state index contributed by atoms with van der Waals surface area (Å²) in [5.41, 5.74) is -1.40. The molecule has 5 rings (SSSR count). The van der Waals surface area contributed by atoms with Gasteiger partial charge in [0.05, 0.1) is 22.7 Å². The number of alkyl halides is 6. The maximum absolute atomic E-state index is 13.8. The first kappa shape index (κ1) is 31.5. The van der Waals surface area contributed by atoms with E-state index in [2.05, 4.69) is 44.7 Å². The number of hydrogen-bond acceptors (Lipinski definition) is 4. The van der Waals surface area contributed by atoms with Gasteiger partial charge in [-0.15, -0.1) is 0 Å². The monoisotopic (exact) mass is 604 g/mol. The molecule has 3 aromatic carbocycles. The van der Waals surface area contributed by atoms with E-state index in [-0.39, 0.29) is 11.6 Å². The van der Waals surface area contributed by atoms with Crippen LogP contribution in [0.25, 0.3) is 0 Å². The fraction of sp³-hybridized carbons (Fsp3) is 0.455. The van der Waals surface area contributed by atoms with Crippen LogP contribution in [0.5, 0.6) is 0 Å². The molecule has 232 valence electrons. The van der Waals surface area contributed by atoms with Crippen LogP contribution < -0.4 is 10.6 Å². The predicted molar refractivity (Wildman–Crippen MR) is 155 cm³/mol. The minimum atomic E-state index is -4.91. The third-order valence-electron chi connectivity index (χ3n) is 8.90. The molecule has 0 aromatic heterocycles. The molecule has 10 heteroatoms. The van der Waals surface area contributed by atoms with Crippen LogP contribution >= 0.6 is 0 Å². The summed E-state index contributed by atoms with van der Waals surface area (Å²) in [7, 11) is 0. The molecule has 43 heavy (non-hydrogen) atoms. The third kappa shape index (κ3) is 7.42. The number of nitrogens with zero attached hydrogens (tertiary/aromatic N) is 2. The highest BCUT2D eigenvalue weighted by Crippen LogP contribution is 2.45. The van der Waals surface area contributed by atoms with Crippen molar-refractivity contribution in [3.63, 3.8) is 0 Å². The third-order valence-corrected chi connectivity index (χ3v) is 8.90. The normalized spacial score (nSPS) is 23.0. The van der Waals surface area contributed by atoms with E-state index in [0.717, 1.165) is 50.2 Å². The van der Waals surface area contributed by atoms with E-state index in [9.17, 15) is 26.3 Å². The van der Waals surface area contributed by atoms with E-state index in [0.29, 0.717) is 32.2 Å². The molecule has 4 nitrogen and oxygen atoms in total. The van der Waals surface area contributed by atoms with Gasteiger partial charge in [0.25, 0.3) is 0 Å². The summed E-state index contributed by atoms with van der Waals surface area (Å²) >= 11 is 0. The quantitative estimate of drug-likeness (QED) is 0.276. The van der Waals surface area contributed by atoms with E-state index in [1.165, 1.54) is 5.56 Å². The first-order chi connectivity index (χ1) is 20.4. The first-order valence-electron chi connectivity index (χ1n) is 14.8. The molecule has 2 atom stereocenters. The Labute approximate surface area is 249 Å². The van der Waals surface area contributed by atoms with Crippen LogP contribution in [-0.4, -0.2) is 55.1 Å². The van der Waals surface area contributed by atoms with Crippen LogP contribution in [0.15, 0.2) is 78.9 Å². The molecule has 3 aromatic rings. The molecule has 2 aliphatic rings. The molecule has 2 fully saturated rings. The van der Waals surface area contributed by atoms with E-state index in [1.807, 2.05) is 43.3 Å². The lowest BCUT2D eigenvalue weighted by atomic mass is 9.77. The second-order valence-corrected chi connectivity index (χ2v) is 11.7. The summed E-state index contributed by atoms with van der Waals surface area (Å²) in [6, 6.07) is 21.2. The van der Waals surface area contributed by atoms with Crippen LogP contribution in [0.4, 0.5) is 26.3 Å². The number of rotatable bonds is 8. The van der Waals surface area contributed by atoms with Gasteiger partial charge in [-0.3, -0.25) is 9.80 Å². The minimum absolute atomic E-state index is 0.0306. The molecule has 0 bridgehead atoms. The molecule has 0 saturated carbocycles. The minimum Gasteiger partial charge on any atom is -0.313 e. The Balaban J connectivity index is 1.32. The largest absolute Gasteiger partial charge is 0.416 e. The van der Waals surface area contributed by atoms with Crippen LogP contribution in [0.3, 0.4) is 0 Å². The lowest BCUT2D eigenvalue weighted by Gasteiger charge is -2.51. The fourth-order valence-electron chi connectivity index (χ4n) is 6.55. The number of hydrogen-bond donors (Lipinski definition) is 2. The smallest absolute Gasteiger partial charge is 0.313 e. The Kier molecular flexibility index (Phi) is 9.51. The van der Waals surface area contributed by atoms with Crippen molar-refractivity contribution < 1.29 is 26.3 Å². The molecule has 2 unspecified atom stereocenters. The Morgan fingerprint density at radius 2 is 1.40 bits per heavy atom. The standard InChI is InChI=1S/C33H38F6N4/c1-31(26-10-6-3-7-11-26)30(25-20-27(32(34,35)36)22-28(21-25)33(37,38)39)41-15-19-43(31)18-14-40-29-12-16-42(17-13-29)23-24-8-4-2-5-9-24/h2-11,20-22,29-30,40-41H,12-19,23H2,1H3. The molecule has 2 heterocycles. The summed E-state index contributed by atoms with van der Waals surface area (Å²) < 4.78 is 82.6. The van der Waals surface area contributed by atoms with Crippen LogP contribution in [0, 0.1) is 0 Å². The van der Waals surface area contributed by atoms with Crippen LogP contribution in [-0.2, 0) is 24.4 Å². The highest BCUT2D eigenvalue weighted by atomic mass is 19.4. The SMILES string of the molecule is CC1(c2ccccc2)C(c2cc(C(F)(F)F)cc(C(F)(F)F)c2)NCCN1CCNC1CCN(Cc2ccccc2)CC1. The Hall–Kier alpha value is -2.92. The average molecular weight is 605 g/mol. The van der Waals surface area contributed by atoms with E-state index in [1.54, 1.807) is 0 Å². The second kappa shape index (κ2) is 13.0. The summed E-state index contributed by atoms with van der Waals surface area (Å²) in [5.74, 6) is 0. The topological polar surface area (TPSA) is 30.5 Å². The molecular weight excluding hydrogens is 566 g/mol. The van der Waals surface area contributed by atoms with Gasteiger partial charge < -0.3 is 10.6 Å². The zero-order chi connectivity index (χ0) is 30.7. The fourth-order valence-corrected chi connectivity index (χ4v) is 6.55. The molecule has 0 aliphatic carbocycles. The van der Waals surface area contributed by atoms with Gasteiger partial charge in [-0.05, 0) is 67.7 Å². The van der Waals surface area contributed by atoms with Gasteiger partial charge in [-0.2, -0.15) is 26.3 Å². The van der Waals surface area contributed by atoms with Crippen molar-refractivity contribution in [2.75, 3.05) is 39.3 Å². The van der Waals surface area contributed by atoms with Gasteiger partial charge in [-0.1, -0.05) is 60.7 Å². The van der Waals surface area contributed by atoms with Crippen LogP contribution in [0.2, 0.25) is 0 Å². The molecule has 2 saturated heterocycles. The summed E-state index contributed by atoms with van der Waals surface area (Å²) in [6.07, 6.45) is -7.79. The number of benzene rings is 3. The van der Waals surface area contributed by atoms with Crippen molar-refractivity contribution in [2.45, 2.75) is 56.3 Å². The second-order valence-electron chi connectivity index (χ2n) is 11.7. The molecular formula is C33H38F6N4. The number of piperidine rings is 1. The van der Waals surface area contributed by atoms with Gasteiger partial charge in [0.2, 0.25) is 0 Å². The maximum Gasteiger partial charge on any atom is 0.416 e. The van der Waals surface area contributed by atoms with Gasteiger partial charge >= 0.3 is 12.4 Å². The van der Waals surface area contributed by atoms with Crippen molar-refractivity contribution in [1.29, 1.82) is 0 Å². The number of halogens is 6. The van der Waals surface area contributed by atoms with E-state index < -0.39 is 35.1 Å². The molecule has 0 radical (unpaired) electrons. The number of likely N-dealkylation sites (tertiary alicyclic amines) is 1. The van der Waals surface area contributed by atoms with Gasteiger partial charge in [-0.25, -0.2) is 0 Å². The molecule has 0 spiro atoms. The zero-order valence-electron chi connectivity index (χ0n) is 24.2. The van der Waals surface area contributed by atoms with Gasteiger partial charge in [0.1, 0.15) is 0 Å². The molecule has 0 amide bonds. The van der Waals surface area contributed by atoms with Crippen molar-refractivity contribution >= 4 is 0 Å². The Morgan fingerprint density at radius 1 is 0.814 bits per heavy atom. The molecule has 2 aliphatic heterocycles. The lowest BCUT2D eigenvalue weighted by molar-refractivity contribution is -0.143. The summed E-state index contributed by atoms with van der Waals surface area (Å²) in [5, 5.41) is 6.94. The summed E-state index contributed by atoms with van der Waals surface area (Å²) in [6.45, 7) is 7.11. The average Bonchev–Trinajstić information content (AvgIpc) is 2.99. The van der Waals surface area contributed by atoms with E-state index >= 15 is 0 Å². The zero-order valence-corrected chi connectivity index (χ0v) is 24.2. The molecule has 2 N–H and O–H groups in total. The van der Waals surface area contributed by atoms with Crippen molar-refractivity contribution in [2.24, 2.45) is 0 Å². The highest BCUT2D eigenvalue weighted by molar-refractivity contribution is 5.39. The number of piperazine rings is 1. The van der Waals surface area contributed by atoms with Crippen molar-refractivity contribution in [1.82, 2.24) is 20.4 Å². The Morgan fingerprint density at radius 3 is 1.98 bits per heavy atom. The van der Waals surface area contributed by atoms with Crippen molar-refractivity contribution in [3.8, 4) is 0 Å². The maximum atomic E-state index is 13.8.